The van der Waals surface area contributed by atoms with Gasteiger partial charge in [-0.3, -0.25) is 0 Å². The molecule has 2 aromatic carbocycles. The van der Waals surface area contributed by atoms with Gasteiger partial charge in [0.15, 0.2) is 11.5 Å². The van der Waals surface area contributed by atoms with Crippen LogP contribution in [0.3, 0.4) is 0 Å². The Balaban J connectivity index is 1.89. The highest BCUT2D eigenvalue weighted by atomic mass is 16.5. The molecule has 5 heteroatoms. The van der Waals surface area contributed by atoms with Gasteiger partial charge < -0.3 is 19.1 Å². The Morgan fingerprint density at radius 2 is 1.80 bits per heavy atom. The number of rotatable bonds is 5. The minimum atomic E-state index is 0.103. The molecule has 2 atom stereocenters. The standard InChI is InChI=1S/C25H28N2O3/c1-28-20-9-6-7-18(13-20)25-21(17-10-11-23(29-2)24(14-17)30-3)15-19-8-4-5-12-27(19)22(25)16-26/h6-7,9-11,13-14,19,21H,4-5,8,12,15H2,1-3H3/t19-,21-/m1/s1. The minimum absolute atomic E-state index is 0.103. The van der Waals surface area contributed by atoms with E-state index in [-0.39, 0.29) is 5.92 Å². The molecular formula is C25H28N2O3. The summed E-state index contributed by atoms with van der Waals surface area (Å²) in [6, 6.07) is 17.1. The zero-order valence-corrected chi connectivity index (χ0v) is 17.9. The number of nitriles is 1. The van der Waals surface area contributed by atoms with Crippen molar-refractivity contribution in [2.45, 2.75) is 37.6 Å². The van der Waals surface area contributed by atoms with Gasteiger partial charge in [0.25, 0.3) is 0 Å². The predicted molar refractivity (Wildman–Crippen MR) is 117 cm³/mol. The third-order valence-electron chi connectivity index (χ3n) is 6.32. The Labute approximate surface area is 178 Å². The molecule has 0 bridgehead atoms. The molecule has 5 nitrogen and oxygen atoms in total. The normalized spacial score (nSPS) is 20.9. The van der Waals surface area contributed by atoms with Crippen LogP contribution in [0.15, 0.2) is 48.2 Å². The molecular weight excluding hydrogens is 376 g/mol. The molecule has 0 radical (unpaired) electrons. The molecule has 30 heavy (non-hydrogen) atoms. The molecule has 0 aliphatic carbocycles. The molecule has 4 rings (SSSR count). The van der Waals surface area contributed by atoms with E-state index in [4.69, 9.17) is 14.2 Å². The van der Waals surface area contributed by atoms with E-state index in [0.717, 1.165) is 54.0 Å². The number of fused-ring (bicyclic) bond motifs is 1. The van der Waals surface area contributed by atoms with Gasteiger partial charge in [0.2, 0.25) is 0 Å². The number of nitrogens with zero attached hydrogens (tertiary/aromatic N) is 2. The van der Waals surface area contributed by atoms with Crippen LogP contribution >= 0.6 is 0 Å². The summed E-state index contributed by atoms with van der Waals surface area (Å²) in [5, 5.41) is 10.2. The molecule has 0 amide bonds. The van der Waals surface area contributed by atoms with Gasteiger partial charge in [-0.1, -0.05) is 18.2 Å². The maximum absolute atomic E-state index is 10.2. The third kappa shape index (κ3) is 3.59. The van der Waals surface area contributed by atoms with Crippen LogP contribution in [-0.2, 0) is 0 Å². The summed E-state index contributed by atoms with van der Waals surface area (Å²) in [6.45, 7) is 0.944. The second-order valence-corrected chi connectivity index (χ2v) is 7.85. The Morgan fingerprint density at radius 3 is 2.53 bits per heavy atom. The average Bonchev–Trinajstić information content (AvgIpc) is 2.82. The van der Waals surface area contributed by atoms with Crippen LogP contribution in [0, 0.1) is 11.3 Å². The molecule has 0 N–H and O–H groups in total. The second kappa shape index (κ2) is 8.71. The fraction of sp³-hybridized carbons (Fsp3) is 0.400. The molecule has 0 spiro atoms. The number of benzene rings is 2. The average molecular weight is 405 g/mol. The monoisotopic (exact) mass is 404 g/mol. The molecule has 2 aliphatic heterocycles. The van der Waals surface area contributed by atoms with Gasteiger partial charge in [0.1, 0.15) is 17.5 Å². The van der Waals surface area contributed by atoms with E-state index in [2.05, 4.69) is 29.2 Å². The first-order chi connectivity index (χ1) is 14.7. The quantitative estimate of drug-likeness (QED) is 0.703. The summed E-state index contributed by atoms with van der Waals surface area (Å²) in [7, 11) is 4.98. The van der Waals surface area contributed by atoms with Crippen LogP contribution < -0.4 is 14.2 Å². The summed E-state index contributed by atoms with van der Waals surface area (Å²) in [4.78, 5) is 2.33. The third-order valence-corrected chi connectivity index (χ3v) is 6.32. The summed E-state index contributed by atoms with van der Waals surface area (Å²) in [5.41, 5.74) is 4.04. The summed E-state index contributed by atoms with van der Waals surface area (Å²) >= 11 is 0. The summed E-state index contributed by atoms with van der Waals surface area (Å²) in [5.74, 6) is 2.32. The molecule has 2 aromatic rings. The number of allylic oxidation sites excluding steroid dienone is 2. The van der Waals surface area contributed by atoms with E-state index in [1.54, 1.807) is 21.3 Å². The van der Waals surface area contributed by atoms with E-state index in [0.29, 0.717) is 17.5 Å². The van der Waals surface area contributed by atoms with Crippen molar-refractivity contribution < 1.29 is 14.2 Å². The number of hydrogen-bond donors (Lipinski definition) is 0. The first kappa shape index (κ1) is 20.2. The van der Waals surface area contributed by atoms with Gasteiger partial charge in [-0.15, -0.1) is 0 Å². The highest BCUT2D eigenvalue weighted by Gasteiger charge is 2.37. The second-order valence-electron chi connectivity index (χ2n) is 7.85. The zero-order valence-electron chi connectivity index (χ0n) is 17.9. The Morgan fingerprint density at radius 1 is 0.967 bits per heavy atom. The van der Waals surface area contributed by atoms with Crippen molar-refractivity contribution in [3.8, 4) is 23.3 Å². The fourth-order valence-corrected chi connectivity index (χ4v) is 4.87. The number of hydrogen-bond acceptors (Lipinski definition) is 5. The molecule has 2 heterocycles. The molecule has 2 aliphatic rings. The van der Waals surface area contributed by atoms with Crippen molar-refractivity contribution in [3.05, 3.63) is 59.3 Å². The van der Waals surface area contributed by atoms with Crippen LogP contribution in [0.4, 0.5) is 0 Å². The highest BCUT2D eigenvalue weighted by Crippen LogP contribution is 2.47. The maximum Gasteiger partial charge on any atom is 0.161 e. The number of methoxy groups -OCH3 is 3. The molecule has 156 valence electrons. The molecule has 1 fully saturated rings. The molecule has 0 unspecified atom stereocenters. The fourth-order valence-electron chi connectivity index (χ4n) is 4.87. The van der Waals surface area contributed by atoms with Gasteiger partial charge in [0.05, 0.1) is 21.3 Å². The summed E-state index contributed by atoms with van der Waals surface area (Å²) in [6.07, 6.45) is 4.45. The van der Waals surface area contributed by atoms with Crippen molar-refractivity contribution in [2.24, 2.45) is 0 Å². The van der Waals surface area contributed by atoms with Crippen molar-refractivity contribution >= 4 is 5.57 Å². The lowest BCUT2D eigenvalue weighted by Gasteiger charge is -2.44. The van der Waals surface area contributed by atoms with E-state index >= 15 is 0 Å². The minimum Gasteiger partial charge on any atom is -0.497 e. The van der Waals surface area contributed by atoms with Crippen molar-refractivity contribution in [1.29, 1.82) is 5.26 Å². The lowest BCUT2D eigenvalue weighted by molar-refractivity contribution is 0.177. The predicted octanol–water partition coefficient (Wildman–Crippen LogP) is 4.99. The molecule has 0 aromatic heterocycles. The number of piperidine rings is 1. The number of ether oxygens (including phenoxy) is 3. The van der Waals surface area contributed by atoms with Crippen LogP contribution in [0.25, 0.3) is 5.57 Å². The van der Waals surface area contributed by atoms with Gasteiger partial charge in [-0.05, 0) is 61.1 Å². The Kier molecular flexibility index (Phi) is 5.85. The smallest absolute Gasteiger partial charge is 0.161 e. The Hall–Kier alpha value is -3.13. The molecule has 0 saturated carbocycles. The first-order valence-corrected chi connectivity index (χ1v) is 10.5. The first-order valence-electron chi connectivity index (χ1n) is 10.5. The van der Waals surface area contributed by atoms with Crippen LogP contribution in [0.5, 0.6) is 17.2 Å². The van der Waals surface area contributed by atoms with Crippen molar-refractivity contribution in [1.82, 2.24) is 4.90 Å². The van der Waals surface area contributed by atoms with Gasteiger partial charge >= 0.3 is 0 Å². The maximum atomic E-state index is 10.2. The van der Waals surface area contributed by atoms with Gasteiger partial charge in [-0.2, -0.15) is 5.26 Å². The highest BCUT2D eigenvalue weighted by molar-refractivity contribution is 5.78. The van der Waals surface area contributed by atoms with Crippen LogP contribution in [-0.4, -0.2) is 38.8 Å². The molecule has 1 saturated heterocycles. The van der Waals surface area contributed by atoms with Crippen LogP contribution in [0.2, 0.25) is 0 Å². The topological polar surface area (TPSA) is 54.7 Å². The van der Waals surface area contributed by atoms with Crippen LogP contribution in [0.1, 0.15) is 42.7 Å². The van der Waals surface area contributed by atoms with E-state index in [1.807, 2.05) is 24.3 Å². The van der Waals surface area contributed by atoms with E-state index in [9.17, 15) is 5.26 Å². The van der Waals surface area contributed by atoms with Gasteiger partial charge in [-0.25, -0.2) is 0 Å². The van der Waals surface area contributed by atoms with Crippen molar-refractivity contribution in [3.63, 3.8) is 0 Å². The van der Waals surface area contributed by atoms with E-state index < -0.39 is 0 Å². The summed E-state index contributed by atoms with van der Waals surface area (Å²) < 4.78 is 16.5. The SMILES string of the molecule is COc1cccc(C2=C(C#N)N3CCCC[C@@H]3C[C@@H]2c2ccc(OC)c(OC)c2)c1. The van der Waals surface area contributed by atoms with Crippen molar-refractivity contribution in [2.75, 3.05) is 27.9 Å². The lowest BCUT2D eigenvalue weighted by atomic mass is 9.76. The lowest BCUT2D eigenvalue weighted by Crippen LogP contribution is -2.43. The Bertz CT molecular complexity index is 992. The van der Waals surface area contributed by atoms with Gasteiger partial charge in [0, 0.05) is 24.1 Å². The van der Waals surface area contributed by atoms with E-state index in [1.165, 1.54) is 6.42 Å². The largest absolute Gasteiger partial charge is 0.497 e. The zero-order chi connectivity index (χ0) is 21.1.